The molecule has 4 heteroatoms. The fourth-order valence-corrected chi connectivity index (χ4v) is 0.627. The molecule has 0 heterocycles. The van der Waals surface area contributed by atoms with Crippen LogP contribution in [0, 0.1) is 0 Å². The highest BCUT2D eigenvalue weighted by molar-refractivity contribution is 5.69. The Labute approximate surface area is 66.6 Å². The minimum Gasteiger partial charge on any atom is -0.547 e. The Kier molecular flexibility index (Phi) is 3.48. The van der Waals surface area contributed by atoms with Gasteiger partial charge < -0.3 is 19.5 Å². The number of carbonyl (C=O) groups is 1. The van der Waals surface area contributed by atoms with E-state index < -0.39 is 12.1 Å². The molecule has 0 aromatic rings. The number of rotatable bonds is 4. The third-order valence-corrected chi connectivity index (χ3v) is 1.35. The van der Waals surface area contributed by atoms with Crippen molar-refractivity contribution >= 4 is 5.97 Å². The molecule has 0 aliphatic heterocycles. The number of carboxylic acids is 1. The molecule has 0 bridgehead atoms. The molecule has 0 aromatic heterocycles. The second-order valence-electron chi connectivity index (χ2n) is 3.64. The molecule has 0 rings (SSSR count). The average Bonchev–Trinajstić information content (AvgIpc) is 1.80. The van der Waals surface area contributed by atoms with E-state index in [0.29, 0.717) is 11.0 Å². The van der Waals surface area contributed by atoms with Crippen LogP contribution in [-0.2, 0) is 4.79 Å². The molecular weight excluding hydrogens is 146 g/mol. The highest BCUT2D eigenvalue weighted by Crippen LogP contribution is 1.97. The Balaban J connectivity index is 3.63. The molecule has 1 N–H and O–H groups in total. The molecule has 1 atom stereocenters. The summed E-state index contributed by atoms with van der Waals surface area (Å²) < 4.78 is 0.643. The molecule has 0 saturated heterocycles. The summed E-state index contributed by atoms with van der Waals surface area (Å²) >= 11 is 0. The van der Waals surface area contributed by atoms with Crippen LogP contribution in [0.25, 0.3) is 0 Å². The van der Waals surface area contributed by atoms with Crippen molar-refractivity contribution in [3.05, 3.63) is 0 Å². The summed E-state index contributed by atoms with van der Waals surface area (Å²) in [6.07, 6.45) is -1.08. The number of hydrogen-bond acceptors (Lipinski definition) is 3. The second-order valence-corrected chi connectivity index (χ2v) is 3.64. The standard InChI is InChI=1S/C7H15NO3/c1-8(2,3)5-4-6(9)7(10)11/h6,9H,4-5H2,1-3H3/t6-/m1/s1. The van der Waals surface area contributed by atoms with Gasteiger partial charge >= 0.3 is 0 Å². The van der Waals surface area contributed by atoms with Crippen LogP contribution in [0.4, 0.5) is 0 Å². The second kappa shape index (κ2) is 3.69. The lowest BCUT2D eigenvalue weighted by Gasteiger charge is -2.25. The molecule has 0 radical (unpaired) electrons. The molecule has 0 aliphatic rings. The fraction of sp³-hybridized carbons (Fsp3) is 0.857. The van der Waals surface area contributed by atoms with Crippen LogP contribution in [0.15, 0.2) is 0 Å². The van der Waals surface area contributed by atoms with Crippen molar-refractivity contribution in [1.29, 1.82) is 0 Å². The quantitative estimate of drug-likeness (QED) is 0.494. The molecule has 0 fully saturated rings. The summed E-state index contributed by atoms with van der Waals surface area (Å²) in [4.78, 5) is 10.0. The highest BCUT2D eigenvalue weighted by atomic mass is 16.4. The Bertz CT molecular complexity index is 139. The SMILES string of the molecule is C[N+](C)(C)CC[C@@H](O)C(=O)[O-]. The van der Waals surface area contributed by atoms with Gasteiger partial charge in [0.15, 0.2) is 0 Å². The van der Waals surface area contributed by atoms with Crippen LogP contribution in [0.1, 0.15) is 6.42 Å². The minimum atomic E-state index is -1.39. The van der Waals surface area contributed by atoms with Crippen LogP contribution in [0.2, 0.25) is 0 Å². The van der Waals surface area contributed by atoms with E-state index in [1.807, 2.05) is 21.1 Å². The predicted octanol–water partition coefficient (Wildman–Crippen LogP) is -1.81. The summed E-state index contributed by atoms with van der Waals surface area (Å²) in [7, 11) is 5.80. The van der Waals surface area contributed by atoms with Crippen molar-refractivity contribution in [3.63, 3.8) is 0 Å². The summed E-state index contributed by atoms with van der Waals surface area (Å²) in [5.74, 6) is -1.39. The minimum absolute atomic E-state index is 0.242. The summed E-state index contributed by atoms with van der Waals surface area (Å²) in [6, 6.07) is 0. The van der Waals surface area contributed by atoms with Crippen molar-refractivity contribution in [2.75, 3.05) is 27.7 Å². The number of aliphatic carboxylic acids is 1. The maximum atomic E-state index is 10.0. The molecule has 11 heavy (non-hydrogen) atoms. The number of hydrogen-bond donors (Lipinski definition) is 1. The Morgan fingerprint density at radius 3 is 2.27 bits per heavy atom. The van der Waals surface area contributed by atoms with Gasteiger partial charge in [-0.25, -0.2) is 0 Å². The molecule has 0 aromatic carbocycles. The van der Waals surface area contributed by atoms with Crippen LogP contribution >= 0.6 is 0 Å². The number of carbonyl (C=O) groups excluding carboxylic acids is 1. The predicted molar refractivity (Wildman–Crippen MR) is 38.5 cm³/mol. The smallest absolute Gasteiger partial charge is 0.0987 e. The molecule has 0 unspecified atom stereocenters. The van der Waals surface area contributed by atoms with Crippen LogP contribution in [0.5, 0.6) is 0 Å². The maximum absolute atomic E-state index is 10.0. The Hall–Kier alpha value is -0.610. The van der Waals surface area contributed by atoms with E-state index in [4.69, 9.17) is 5.11 Å². The van der Waals surface area contributed by atoms with Crippen molar-refractivity contribution in [2.45, 2.75) is 12.5 Å². The van der Waals surface area contributed by atoms with Gasteiger partial charge in [-0.3, -0.25) is 0 Å². The van der Waals surface area contributed by atoms with Crippen LogP contribution in [0.3, 0.4) is 0 Å². The first kappa shape index (κ1) is 10.4. The molecular formula is C7H15NO3. The number of aliphatic hydroxyl groups is 1. The van der Waals surface area contributed by atoms with E-state index in [0.717, 1.165) is 0 Å². The lowest BCUT2D eigenvalue weighted by atomic mass is 10.2. The Morgan fingerprint density at radius 2 is 2.00 bits per heavy atom. The normalized spacial score (nSPS) is 14.5. The maximum Gasteiger partial charge on any atom is 0.0987 e. The van der Waals surface area contributed by atoms with E-state index in [-0.39, 0.29) is 6.42 Å². The monoisotopic (exact) mass is 161 g/mol. The zero-order valence-corrected chi connectivity index (χ0v) is 7.20. The molecule has 0 aliphatic carbocycles. The number of carboxylic acid groups (broad SMARTS) is 1. The van der Waals surface area contributed by atoms with Crippen molar-refractivity contribution in [3.8, 4) is 0 Å². The summed E-state index contributed by atoms with van der Waals surface area (Å²) in [6.45, 7) is 0.620. The van der Waals surface area contributed by atoms with Crippen molar-refractivity contribution < 1.29 is 19.5 Å². The van der Waals surface area contributed by atoms with Crippen LogP contribution in [-0.4, -0.2) is 49.4 Å². The van der Waals surface area contributed by atoms with Gasteiger partial charge in [0.1, 0.15) is 0 Å². The lowest BCUT2D eigenvalue weighted by molar-refractivity contribution is -0.870. The molecule has 0 spiro atoms. The molecule has 0 saturated carbocycles. The molecule has 66 valence electrons. The van der Waals surface area contributed by atoms with Gasteiger partial charge in [-0.15, -0.1) is 0 Å². The van der Waals surface area contributed by atoms with E-state index in [9.17, 15) is 9.90 Å². The van der Waals surface area contributed by atoms with E-state index in [2.05, 4.69) is 0 Å². The number of nitrogens with zero attached hydrogens (tertiary/aromatic N) is 1. The number of quaternary nitrogens is 1. The zero-order chi connectivity index (χ0) is 9.07. The van der Waals surface area contributed by atoms with Crippen molar-refractivity contribution in [1.82, 2.24) is 0 Å². The van der Waals surface area contributed by atoms with E-state index in [1.165, 1.54) is 0 Å². The lowest BCUT2D eigenvalue weighted by Crippen LogP contribution is -2.41. The third-order valence-electron chi connectivity index (χ3n) is 1.35. The first-order chi connectivity index (χ1) is 4.83. The van der Waals surface area contributed by atoms with Gasteiger partial charge in [-0.1, -0.05) is 0 Å². The van der Waals surface area contributed by atoms with Gasteiger partial charge in [0.05, 0.1) is 39.8 Å². The van der Waals surface area contributed by atoms with Gasteiger partial charge in [0.25, 0.3) is 0 Å². The highest BCUT2D eigenvalue weighted by Gasteiger charge is 2.11. The van der Waals surface area contributed by atoms with Gasteiger partial charge in [0, 0.05) is 6.42 Å². The topological polar surface area (TPSA) is 60.4 Å². The van der Waals surface area contributed by atoms with Crippen molar-refractivity contribution in [2.24, 2.45) is 0 Å². The molecule has 0 amide bonds. The summed E-state index contributed by atoms with van der Waals surface area (Å²) in [5, 5.41) is 18.9. The Morgan fingerprint density at radius 1 is 1.55 bits per heavy atom. The average molecular weight is 161 g/mol. The first-order valence-electron chi connectivity index (χ1n) is 3.52. The molecule has 4 nitrogen and oxygen atoms in total. The summed E-state index contributed by atoms with van der Waals surface area (Å²) in [5.41, 5.74) is 0. The van der Waals surface area contributed by atoms with Gasteiger partial charge in [-0.2, -0.15) is 0 Å². The first-order valence-corrected chi connectivity index (χ1v) is 3.52. The van der Waals surface area contributed by atoms with Gasteiger partial charge in [-0.05, 0) is 0 Å². The largest absolute Gasteiger partial charge is 0.547 e. The zero-order valence-electron chi connectivity index (χ0n) is 7.20. The van der Waals surface area contributed by atoms with E-state index >= 15 is 0 Å². The van der Waals surface area contributed by atoms with E-state index in [1.54, 1.807) is 0 Å². The fourth-order valence-electron chi connectivity index (χ4n) is 0.627. The van der Waals surface area contributed by atoms with Gasteiger partial charge in [0.2, 0.25) is 0 Å². The van der Waals surface area contributed by atoms with Crippen LogP contribution < -0.4 is 5.11 Å². The third kappa shape index (κ3) is 5.82. The number of aliphatic hydroxyl groups excluding tert-OH is 1.